The van der Waals surface area contributed by atoms with E-state index in [1.165, 1.54) is 11.3 Å². The molecule has 19 heavy (non-hydrogen) atoms. The summed E-state index contributed by atoms with van der Waals surface area (Å²) in [5.74, 6) is -0.0598. The highest BCUT2D eigenvalue weighted by atomic mass is 32.1. The molecule has 0 saturated heterocycles. The monoisotopic (exact) mass is 275 g/mol. The van der Waals surface area contributed by atoms with Gasteiger partial charge in [0.25, 0.3) is 5.91 Å². The van der Waals surface area contributed by atoms with Crippen LogP contribution in [0, 0.1) is 0 Å². The van der Waals surface area contributed by atoms with Gasteiger partial charge in [-0.2, -0.15) is 0 Å². The second kappa shape index (κ2) is 5.40. The number of carbonyl (C=O) groups is 1. The SMILES string of the molecule is C=CCN(C(=O)c1sc2cccnc2c1N)C(C)C. The molecule has 100 valence electrons. The van der Waals surface area contributed by atoms with Crippen LogP contribution < -0.4 is 5.73 Å². The van der Waals surface area contributed by atoms with Gasteiger partial charge in [0.2, 0.25) is 0 Å². The van der Waals surface area contributed by atoms with Crippen molar-refractivity contribution >= 4 is 33.1 Å². The second-order valence-corrected chi connectivity index (χ2v) is 5.59. The van der Waals surface area contributed by atoms with E-state index in [9.17, 15) is 4.79 Å². The van der Waals surface area contributed by atoms with Crippen LogP contribution in [0.2, 0.25) is 0 Å². The number of nitrogens with two attached hydrogens (primary N) is 1. The number of pyridine rings is 1. The van der Waals surface area contributed by atoms with E-state index in [1.54, 1.807) is 17.2 Å². The van der Waals surface area contributed by atoms with Crippen molar-refractivity contribution in [2.24, 2.45) is 0 Å². The van der Waals surface area contributed by atoms with Gasteiger partial charge in [-0.15, -0.1) is 17.9 Å². The number of anilines is 1. The topological polar surface area (TPSA) is 59.2 Å². The van der Waals surface area contributed by atoms with Crippen molar-refractivity contribution in [2.75, 3.05) is 12.3 Å². The molecular formula is C14H17N3OS. The summed E-state index contributed by atoms with van der Waals surface area (Å²) in [6.07, 6.45) is 3.41. The van der Waals surface area contributed by atoms with Gasteiger partial charge in [-0.25, -0.2) is 0 Å². The lowest BCUT2D eigenvalue weighted by Crippen LogP contribution is -2.36. The Balaban J connectivity index is 2.45. The molecule has 0 aliphatic heterocycles. The van der Waals surface area contributed by atoms with Crippen LogP contribution in [0.1, 0.15) is 23.5 Å². The van der Waals surface area contributed by atoms with Crippen LogP contribution in [-0.2, 0) is 0 Å². The minimum absolute atomic E-state index is 0.0598. The Morgan fingerprint density at radius 1 is 1.63 bits per heavy atom. The van der Waals surface area contributed by atoms with E-state index in [0.717, 1.165) is 4.70 Å². The Labute approximate surface area is 116 Å². The van der Waals surface area contributed by atoms with E-state index in [4.69, 9.17) is 5.73 Å². The van der Waals surface area contributed by atoms with Crippen molar-refractivity contribution < 1.29 is 4.79 Å². The van der Waals surface area contributed by atoms with Gasteiger partial charge < -0.3 is 10.6 Å². The molecule has 0 unspecified atom stereocenters. The van der Waals surface area contributed by atoms with Gasteiger partial charge in [-0.3, -0.25) is 9.78 Å². The first kappa shape index (κ1) is 13.5. The maximum absolute atomic E-state index is 12.5. The molecule has 0 fully saturated rings. The van der Waals surface area contributed by atoms with Gasteiger partial charge in [0.05, 0.1) is 10.4 Å². The summed E-state index contributed by atoms with van der Waals surface area (Å²) in [6.45, 7) is 8.15. The molecule has 4 nitrogen and oxygen atoms in total. The van der Waals surface area contributed by atoms with Crippen LogP contribution >= 0.6 is 11.3 Å². The molecule has 2 heterocycles. The Kier molecular flexibility index (Phi) is 3.85. The van der Waals surface area contributed by atoms with E-state index in [1.807, 2.05) is 26.0 Å². The van der Waals surface area contributed by atoms with Gasteiger partial charge in [0.1, 0.15) is 10.4 Å². The zero-order chi connectivity index (χ0) is 14.0. The van der Waals surface area contributed by atoms with Crippen molar-refractivity contribution in [3.05, 3.63) is 35.9 Å². The van der Waals surface area contributed by atoms with Gasteiger partial charge in [0.15, 0.2) is 0 Å². The number of hydrogen-bond donors (Lipinski definition) is 1. The van der Waals surface area contributed by atoms with E-state index < -0.39 is 0 Å². The molecule has 2 rings (SSSR count). The first-order valence-electron chi connectivity index (χ1n) is 6.11. The Hall–Kier alpha value is -1.88. The highest BCUT2D eigenvalue weighted by Crippen LogP contribution is 2.33. The molecule has 0 aliphatic rings. The molecule has 0 aromatic carbocycles. The van der Waals surface area contributed by atoms with Crippen molar-refractivity contribution in [1.82, 2.24) is 9.88 Å². The lowest BCUT2D eigenvalue weighted by molar-refractivity contribution is 0.0734. The molecule has 2 aromatic heterocycles. The molecule has 0 atom stereocenters. The van der Waals surface area contributed by atoms with Crippen LogP contribution in [0.25, 0.3) is 10.2 Å². The average Bonchev–Trinajstić information content (AvgIpc) is 2.73. The lowest BCUT2D eigenvalue weighted by Gasteiger charge is -2.24. The minimum Gasteiger partial charge on any atom is -0.396 e. The number of nitrogens with zero attached hydrogens (tertiary/aromatic N) is 2. The molecular weight excluding hydrogens is 258 g/mol. The molecule has 0 bridgehead atoms. The summed E-state index contributed by atoms with van der Waals surface area (Å²) in [5.41, 5.74) is 7.23. The third-order valence-corrected chi connectivity index (χ3v) is 4.03. The number of fused-ring (bicyclic) bond motifs is 1. The highest BCUT2D eigenvalue weighted by Gasteiger charge is 2.23. The van der Waals surface area contributed by atoms with Crippen LogP contribution in [0.15, 0.2) is 31.0 Å². The number of thiophene rings is 1. The zero-order valence-corrected chi connectivity index (χ0v) is 11.9. The zero-order valence-electron chi connectivity index (χ0n) is 11.1. The van der Waals surface area contributed by atoms with E-state index in [0.29, 0.717) is 22.6 Å². The normalized spacial score (nSPS) is 10.9. The summed E-state index contributed by atoms with van der Waals surface area (Å²) in [4.78, 5) is 19.1. The van der Waals surface area contributed by atoms with Crippen LogP contribution in [-0.4, -0.2) is 28.4 Å². The number of aromatic nitrogens is 1. The van der Waals surface area contributed by atoms with Crippen molar-refractivity contribution in [3.63, 3.8) is 0 Å². The predicted molar refractivity (Wildman–Crippen MR) is 80.4 cm³/mol. The summed E-state index contributed by atoms with van der Waals surface area (Å²) >= 11 is 1.39. The Morgan fingerprint density at radius 2 is 2.37 bits per heavy atom. The summed E-state index contributed by atoms with van der Waals surface area (Å²) in [5, 5.41) is 0. The first-order valence-corrected chi connectivity index (χ1v) is 6.92. The lowest BCUT2D eigenvalue weighted by atomic mass is 10.2. The fourth-order valence-electron chi connectivity index (χ4n) is 1.90. The fourth-order valence-corrected chi connectivity index (χ4v) is 2.94. The summed E-state index contributed by atoms with van der Waals surface area (Å²) in [7, 11) is 0. The number of rotatable bonds is 4. The highest BCUT2D eigenvalue weighted by molar-refractivity contribution is 7.21. The van der Waals surface area contributed by atoms with Crippen LogP contribution in [0.3, 0.4) is 0 Å². The number of amides is 1. The summed E-state index contributed by atoms with van der Waals surface area (Å²) in [6, 6.07) is 3.87. The first-order chi connectivity index (χ1) is 9.06. The van der Waals surface area contributed by atoms with Gasteiger partial charge in [-0.05, 0) is 26.0 Å². The molecule has 0 spiro atoms. The van der Waals surface area contributed by atoms with Crippen molar-refractivity contribution in [3.8, 4) is 0 Å². The van der Waals surface area contributed by atoms with E-state index in [2.05, 4.69) is 11.6 Å². The van der Waals surface area contributed by atoms with Gasteiger partial charge in [0, 0.05) is 18.8 Å². The van der Waals surface area contributed by atoms with Gasteiger partial charge >= 0.3 is 0 Å². The molecule has 0 radical (unpaired) electrons. The van der Waals surface area contributed by atoms with Crippen molar-refractivity contribution in [2.45, 2.75) is 19.9 Å². The predicted octanol–water partition coefficient (Wildman–Crippen LogP) is 2.92. The van der Waals surface area contributed by atoms with Crippen LogP contribution in [0.5, 0.6) is 0 Å². The standard InChI is InChI=1S/C14H17N3OS/c1-4-8-17(9(2)3)14(18)13-11(15)12-10(19-13)6-5-7-16-12/h4-7,9H,1,8,15H2,2-3H3. The molecule has 0 saturated carbocycles. The van der Waals surface area contributed by atoms with Gasteiger partial charge in [-0.1, -0.05) is 6.08 Å². The second-order valence-electron chi connectivity index (χ2n) is 4.53. The van der Waals surface area contributed by atoms with E-state index in [-0.39, 0.29) is 11.9 Å². The minimum atomic E-state index is -0.0598. The van der Waals surface area contributed by atoms with Crippen molar-refractivity contribution in [1.29, 1.82) is 0 Å². The summed E-state index contributed by atoms with van der Waals surface area (Å²) < 4.78 is 0.936. The van der Waals surface area contributed by atoms with Crippen LogP contribution in [0.4, 0.5) is 5.69 Å². The molecule has 0 aliphatic carbocycles. The Bertz CT molecular complexity index is 618. The Morgan fingerprint density at radius 3 is 2.95 bits per heavy atom. The maximum atomic E-state index is 12.5. The number of nitrogen functional groups attached to an aromatic ring is 1. The molecule has 2 N–H and O–H groups in total. The third-order valence-electron chi connectivity index (χ3n) is 2.89. The molecule has 2 aromatic rings. The fraction of sp³-hybridized carbons (Fsp3) is 0.286. The molecule has 5 heteroatoms. The average molecular weight is 275 g/mol. The maximum Gasteiger partial charge on any atom is 0.266 e. The smallest absolute Gasteiger partial charge is 0.266 e. The number of carbonyl (C=O) groups excluding carboxylic acids is 1. The number of hydrogen-bond acceptors (Lipinski definition) is 4. The van der Waals surface area contributed by atoms with E-state index >= 15 is 0 Å². The molecule has 1 amide bonds. The quantitative estimate of drug-likeness (QED) is 0.873. The third kappa shape index (κ3) is 2.46. The largest absolute Gasteiger partial charge is 0.396 e.